The van der Waals surface area contributed by atoms with Crippen molar-refractivity contribution in [2.24, 2.45) is 0 Å². The average Bonchev–Trinajstić information content (AvgIpc) is 3.02. The number of hydrogen-bond donors (Lipinski definition) is 1. The SMILES string of the molecule is O=C(NCc1cnnn1-c1ccccc1)c1ccc(F)cc1. The second-order valence-corrected chi connectivity index (χ2v) is 4.66. The summed E-state index contributed by atoms with van der Waals surface area (Å²) in [5, 5.41) is 10.7. The number of amides is 1. The van der Waals surface area contributed by atoms with Gasteiger partial charge in [-0.25, -0.2) is 9.07 Å². The molecule has 0 aliphatic rings. The van der Waals surface area contributed by atoms with E-state index in [2.05, 4.69) is 15.6 Å². The Bertz CT molecular complexity index is 768. The van der Waals surface area contributed by atoms with Crippen LogP contribution in [0.1, 0.15) is 16.1 Å². The van der Waals surface area contributed by atoms with Crippen molar-refractivity contribution < 1.29 is 9.18 Å². The number of hydrogen-bond acceptors (Lipinski definition) is 3. The van der Waals surface area contributed by atoms with E-state index in [0.29, 0.717) is 5.56 Å². The van der Waals surface area contributed by atoms with Gasteiger partial charge in [0.05, 0.1) is 24.1 Å². The zero-order chi connectivity index (χ0) is 15.4. The summed E-state index contributed by atoms with van der Waals surface area (Å²) in [7, 11) is 0. The number of para-hydroxylation sites is 1. The van der Waals surface area contributed by atoms with Crippen molar-refractivity contribution in [1.29, 1.82) is 0 Å². The fraction of sp³-hybridized carbons (Fsp3) is 0.0625. The summed E-state index contributed by atoms with van der Waals surface area (Å²) in [6.45, 7) is 0.276. The summed E-state index contributed by atoms with van der Waals surface area (Å²) in [6.07, 6.45) is 1.60. The van der Waals surface area contributed by atoms with Crippen molar-refractivity contribution in [3.8, 4) is 5.69 Å². The van der Waals surface area contributed by atoms with Crippen molar-refractivity contribution in [2.45, 2.75) is 6.54 Å². The van der Waals surface area contributed by atoms with Crippen LogP contribution in [0.3, 0.4) is 0 Å². The minimum Gasteiger partial charge on any atom is -0.346 e. The second kappa shape index (κ2) is 6.17. The Balaban J connectivity index is 1.71. The Kier molecular flexibility index (Phi) is 3.91. The number of nitrogens with one attached hydrogen (secondary N) is 1. The third-order valence-electron chi connectivity index (χ3n) is 3.16. The Hall–Kier alpha value is -3.02. The highest BCUT2D eigenvalue weighted by Crippen LogP contribution is 2.09. The average molecular weight is 296 g/mol. The van der Waals surface area contributed by atoms with Crippen LogP contribution < -0.4 is 5.32 Å². The summed E-state index contributed by atoms with van der Waals surface area (Å²) >= 11 is 0. The predicted molar refractivity (Wildman–Crippen MR) is 78.9 cm³/mol. The number of rotatable bonds is 4. The van der Waals surface area contributed by atoms with Crippen LogP contribution in [0.2, 0.25) is 0 Å². The Morgan fingerprint density at radius 2 is 1.82 bits per heavy atom. The molecule has 1 aromatic heterocycles. The van der Waals surface area contributed by atoms with Crippen LogP contribution in [0.25, 0.3) is 5.69 Å². The molecule has 110 valence electrons. The molecule has 0 aliphatic carbocycles. The topological polar surface area (TPSA) is 59.8 Å². The van der Waals surface area contributed by atoms with Gasteiger partial charge in [0.25, 0.3) is 5.91 Å². The van der Waals surface area contributed by atoms with E-state index in [-0.39, 0.29) is 18.3 Å². The fourth-order valence-corrected chi connectivity index (χ4v) is 2.04. The lowest BCUT2D eigenvalue weighted by atomic mass is 10.2. The summed E-state index contributed by atoms with van der Waals surface area (Å²) in [4.78, 5) is 12.0. The van der Waals surface area contributed by atoms with Gasteiger partial charge in [0, 0.05) is 5.56 Å². The number of carbonyl (C=O) groups is 1. The molecule has 1 amide bonds. The zero-order valence-electron chi connectivity index (χ0n) is 11.6. The number of nitrogens with zero attached hydrogens (tertiary/aromatic N) is 3. The molecule has 0 radical (unpaired) electrons. The van der Waals surface area contributed by atoms with Gasteiger partial charge in [0.2, 0.25) is 0 Å². The summed E-state index contributed by atoms with van der Waals surface area (Å²) in [5.41, 5.74) is 2.02. The quantitative estimate of drug-likeness (QED) is 0.804. The van der Waals surface area contributed by atoms with Crippen molar-refractivity contribution in [2.75, 3.05) is 0 Å². The number of aromatic nitrogens is 3. The molecule has 0 spiro atoms. The normalized spacial score (nSPS) is 10.4. The van der Waals surface area contributed by atoms with Gasteiger partial charge in [0.1, 0.15) is 5.82 Å². The molecule has 2 aromatic carbocycles. The van der Waals surface area contributed by atoms with Crippen LogP contribution in [0.15, 0.2) is 60.8 Å². The van der Waals surface area contributed by atoms with E-state index in [0.717, 1.165) is 11.4 Å². The van der Waals surface area contributed by atoms with Gasteiger partial charge < -0.3 is 5.32 Å². The standard InChI is InChI=1S/C16H13FN4O/c17-13-8-6-12(7-9-13)16(22)18-10-15-11-19-20-21(15)14-4-2-1-3-5-14/h1-9,11H,10H2,(H,18,22). The van der Waals surface area contributed by atoms with Crippen LogP contribution in [0, 0.1) is 5.82 Å². The molecule has 3 rings (SSSR count). The summed E-state index contributed by atoms with van der Waals surface area (Å²) in [6, 6.07) is 14.9. The van der Waals surface area contributed by atoms with Gasteiger partial charge in [0.15, 0.2) is 0 Å². The maximum Gasteiger partial charge on any atom is 0.251 e. The van der Waals surface area contributed by atoms with Crippen LogP contribution in [-0.2, 0) is 6.54 Å². The predicted octanol–water partition coefficient (Wildman–Crippen LogP) is 2.34. The third-order valence-corrected chi connectivity index (χ3v) is 3.16. The molecule has 0 unspecified atom stereocenters. The molecule has 22 heavy (non-hydrogen) atoms. The van der Waals surface area contributed by atoms with Crippen LogP contribution in [0.5, 0.6) is 0 Å². The molecule has 1 N–H and O–H groups in total. The molecule has 0 bridgehead atoms. The van der Waals surface area contributed by atoms with E-state index in [4.69, 9.17) is 0 Å². The van der Waals surface area contributed by atoms with E-state index >= 15 is 0 Å². The van der Waals surface area contributed by atoms with Crippen LogP contribution in [-0.4, -0.2) is 20.9 Å². The number of carbonyl (C=O) groups excluding carboxylic acids is 1. The monoisotopic (exact) mass is 296 g/mol. The molecule has 0 saturated carbocycles. The molecule has 0 saturated heterocycles. The Labute approximate surface area is 126 Å². The van der Waals surface area contributed by atoms with E-state index < -0.39 is 0 Å². The first kappa shape index (κ1) is 13.9. The second-order valence-electron chi connectivity index (χ2n) is 4.66. The highest BCUT2D eigenvalue weighted by atomic mass is 19.1. The molecule has 0 fully saturated rings. The van der Waals surface area contributed by atoms with E-state index in [1.54, 1.807) is 10.9 Å². The summed E-state index contributed by atoms with van der Waals surface area (Å²) in [5.74, 6) is -0.649. The van der Waals surface area contributed by atoms with Gasteiger partial charge >= 0.3 is 0 Å². The molecular formula is C16H13FN4O. The Morgan fingerprint density at radius 3 is 2.55 bits per heavy atom. The van der Waals surface area contributed by atoms with Gasteiger partial charge in [-0.15, -0.1) is 5.10 Å². The lowest BCUT2D eigenvalue weighted by molar-refractivity contribution is 0.0950. The lowest BCUT2D eigenvalue weighted by Crippen LogP contribution is -2.24. The van der Waals surface area contributed by atoms with Gasteiger partial charge in [-0.05, 0) is 36.4 Å². The molecular weight excluding hydrogens is 283 g/mol. The largest absolute Gasteiger partial charge is 0.346 e. The lowest BCUT2D eigenvalue weighted by Gasteiger charge is -2.07. The smallest absolute Gasteiger partial charge is 0.251 e. The summed E-state index contributed by atoms with van der Waals surface area (Å²) < 4.78 is 14.5. The maximum absolute atomic E-state index is 12.8. The van der Waals surface area contributed by atoms with Gasteiger partial charge in [-0.3, -0.25) is 4.79 Å². The molecule has 3 aromatic rings. The third kappa shape index (κ3) is 3.01. The van der Waals surface area contributed by atoms with Crippen LogP contribution >= 0.6 is 0 Å². The Morgan fingerprint density at radius 1 is 1.09 bits per heavy atom. The molecule has 5 nitrogen and oxygen atoms in total. The molecule has 0 atom stereocenters. The van der Waals surface area contributed by atoms with Crippen molar-refractivity contribution in [3.05, 3.63) is 77.9 Å². The van der Waals surface area contributed by atoms with Gasteiger partial charge in [-0.2, -0.15) is 0 Å². The highest BCUT2D eigenvalue weighted by Gasteiger charge is 2.09. The minimum atomic E-state index is -0.372. The van der Waals surface area contributed by atoms with Crippen molar-refractivity contribution in [1.82, 2.24) is 20.3 Å². The van der Waals surface area contributed by atoms with Gasteiger partial charge in [-0.1, -0.05) is 23.4 Å². The first-order valence-corrected chi connectivity index (χ1v) is 6.73. The maximum atomic E-state index is 12.8. The van der Waals surface area contributed by atoms with Crippen molar-refractivity contribution in [3.63, 3.8) is 0 Å². The molecule has 6 heteroatoms. The van der Waals surface area contributed by atoms with E-state index in [9.17, 15) is 9.18 Å². The number of halogens is 1. The van der Waals surface area contributed by atoms with E-state index in [1.807, 2.05) is 30.3 Å². The number of benzene rings is 2. The minimum absolute atomic E-state index is 0.276. The fourth-order valence-electron chi connectivity index (χ4n) is 2.04. The first-order valence-electron chi connectivity index (χ1n) is 6.73. The molecule has 0 aliphatic heterocycles. The van der Waals surface area contributed by atoms with Crippen LogP contribution in [0.4, 0.5) is 4.39 Å². The van der Waals surface area contributed by atoms with E-state index in [1.165, 1.54) is 24.3 Å². The zero-order valence-corrected chi connectivity index (χ0v) is 11.6. The van der Waals surface area contributed by atoms with Crippen molar-refractivity contribution >= 4 is 5.91 Å². The molecule has 1 heterocycles. The first-order chi connectivity index (χ1) is 10.7. The highest BCUT2D eigenvalue weighted by molar-refractivity contribution is 5.94.